The Morgan fingerprint density at radius 3 is 2.48 bits per heavy atom. The van der Waals surface area contributed by atoms with E-state index in [1.54, 1.807) is 25.1 Å². The van der Waals surface area contributed by atoms with E-state index in [0.717, 1.165) is 5.56 Å². The topological polar surface area (TPSA) is 90.3 Å². The van der Waals surface area contributed by atoms with E-state index in [-0.39, 0.29) is 16.8 Å². The van der Waals surface area contributed by atoms with E-state index < -0.39 is 5.97 Å². The summed E-state index contributed by atoms with van der Waals surface area (Å²) in [6.45, 7) is 3.73. The van der Waals surface area contributed by atoms with Crippen LogP contribution in [0.25, 0.3) is 5.69 Å². The Morgan fingerprint density at radius 2 is 1.80 bits per heavy atom. The highest BCUT2D eigenvalue weighted by atomic mass is 16.4. The van der Waals surface area contributed by atoms with Crippen LogP contribution in [0.4, 0.5) is 5.69 Å². The number of aromatic amines is 1. The molecule has 0 aliphatic heterocycles. The van der Waals surface area contributed by atoms with Crippen LogP contribution in [0.15, 0.2) is 58.3 Å². The highest BCUT2D eigenvalue weighted by molar-refractivity contribution is 5.93. The molecule has 0 bridgehead atoms. The maximum Gasteiger partial charge on any atom is 0.280 e. The molecule has 126 valence electrons. The number of carboxylic acid groups (broad SMARTS) is 1. The van der Waals surface area contributed by atoms with Gasteiger partial charge in [0.2, 0.25) is 0 Å². The Labute approximate surface area is 144 Å². The molecule has 0 saturated heterocycles. The van der Waals surface area contributed by atoms with Crippen molar-refractivity contribution in [1.29, 1.82) is 0 Å². The number of H-pyrrole nitrogens is 1. The molecule has 0 radical (unpaired) electrons. The number of hydrogen-bond acceptors (Lipinski definition) is 4. The lowest BCUT2D eigenvalue weighted by molar-refractivity contribution is -0.254. The van der Waals surface area contributed by atoms with Gasteiger partial charge in [-0.2, -0.15) is 0 Å². The summed E-state index contributed by atoms with van der Waals surface area (Å²) in [6, 6.07) is 13.8. The lowest BCUT2D eigenvalue weighted by Gasteiger charge is -2.04. The van der Waals surface area contributed by atoms with Crippen molar-refractivity contribution < 1.29 is 9.90 Å². The van der Waals surface area contributed by atoms with Crippen molar-refractivity contribution in [1.82, 2.24) is 9.78 Å². The summed E-state index contributed by atoms with van der Waals surface area (Å²) >= 11 is 0. The van der Waals surface area contributed by atoms with E-state index in [9.17, 15) is 14.7 Å². The lowest BCUT2D eigenvalue weighted by atomic mass is 10.2. The van der Waals surface area contributed by atoms with Gasteiger partial charge in [0, 0.05) is 17.5 Å². The van der Waals surface area contributed by atoms with Gasteiger partial charge in [-0.3, -0.25) is 14.9 Å². The van der Waals surface area contributed by atoms with Gasteiger partial charge in [0.25, 0.3) is 5.56 Å². The van der Waals surface area contributed by atoms with Crippen molar-refractivity contribution in [2.24, 2.45) is 4.99 Å². The minimum atomic E-state index is -1.31. The van der Waals surface area contributed by atoms with Gasteiger partial charge in [0.05, 0.1) is 22.9 Å². The number of nitrogens with one attached hydrogen (secondary N) is 1. The van der Waals surface area contributed by atoms with Crippen LogP contribution in [0, 0.1) is 13.8 Å². The first-order valence-electron chi connectivity index (χ1n) is 7.70. The molecule has 0 saturated carbocycles. The number of aryl methyl sites for hydroxylation is 2. The van der Waals surface area contributed by atoms with Gasteiger partial charge < -0.3 is 9.90 Å². The number of benzene rings is 2. The Hall–Kier alpha value is -3.41. The van der Waals surface area contributed by atoms with Crippen LogP contribution in [-0.2, 0) is 0 Å². The number of aromatic carboxylic acids is 1. The number of rotatable bonds is 4. The second kappa shape index (κ2) is 6.60. The zero-order valence-electron chi connectivity index (χ0n) is 13.8. The fourth-order valence-corrected chi connectivity index (χ4v) is 2.48. The van der Waals surface area contributed by atoms with Gasteiger partial charge in [-0.15, -0.1) is 0 Å². The van der Waals surface area contributed by atoms with E-state index in [1.807, 2.05) is 31.2 Å². The molecule has 1 aromatic heterocycles. The molecule has 2 aromatic carbocycles. The maximum absolute atomic E-state index is 12.6. The van der Waals surface area contributed by atoms with Crippen molar-refractivity contribution >= 4 is 17.9 Å². The molecule has 25 heavy (non-hydrogen) atoms. The van der Waals surface area contributed by atoms with Gasteiger partial charge >= 0.3 is 0 Å². The first kappa shape index (κ1) is 16.4. The van der Waals surface area contributed by atoms with Crippen LogP contribution in [0.2, 0.25) is 0 Å². The van der Waals surface area contributed by atoms with E-state index in [0.29, 0.717) is 16.9 Å². The molecule has 0 atom stereocenters. The summed E-state index contributed by atoms with van der Waals surface area (Å²) < 4.78 is 1.43. The van der Waals surface area contributed by atoms with Crippen LogP contribution in [-0.4, -0.2) is 22.0 Å². The molecule has 3 aromatic rings. The molecular formula is C19H16N3O3-. The number of nitrogens with zero attached hydrogens (tertiary/aromatic N) is 2. The van der Waals surface area contributed by atoms with Crippen LogP contribution in [0.1, 0.15) is 27.2 Å². The number of para-hydroxylation sites is 1. The number of carbonyl (C=O) groups excluding carboxylic acids is 1. The predicted molar refractivity (Wildman–Crippen MR) is 93.9 cm³/mol. The van der Waals surface area contributed by atoms with E-state index in [4.69, 9.17) is 0 Å². The zero-order valence-corrected chi connectivity index (χ0v) is 13.8. The highest BCUT2D eigenvalue weighted by Crippen LogP contribution is 2.18. The summed E-state index contributed by atoms with van der Waals surface area (Å²) in [5, 5.41) is 14.1. The van der Waals surface area contributed by atoms with Crippen LogP contribution < -0.4 is 10.7 Å². The monoisotopic (exact) mass is 334 g/mol. The SMILES string of the molecule is Cc1ccc(-n2[nH]c(C)c(C=Nc3ccccc3C(=O)[O-])c2=O)cc1. The van der Waals surface area contributed by atoms with E-state index in [1.165, 1.54) is 17.0 Å². The van der Waals surface area contributed by atoms with Crippen LogP contribution >= 0.6 is 0 Å². The molecular weight excluding hydrogens is 318 g/mol. The average molecular weight is 334 g/mol. The molecule has 0 fully saturated rings. The molecule has 0 amide bonds. The molecule has 1 N–H and O–H groups in total. The molecule has 0 aliphatic carbocycles. The minimum absolute atomic E-state index is 0.0224. The van der Waals surface area contributed by atoms with Crippen molar-refractivity contribution in [3.63, 3.8) is 0 Å². The van der Waals surface area contributed by atoms with Crippen molar-refractivity contribution in [3.05, 3.63) is 81.3 Å². The Bertz CT molecular complexity index is 1010. The quantitative estimate of drug-likeness (QED) is 0.739. The zero-order chi connectivity index (χ0) is 18.0. The fourth-order valence-electron chi connectivity index (χ4n) is 2.48. The standard InChI is InChI=1S/C19H17N3O3/c1-12-7-9-14(10-8-12)22-18(23)16(13(2)21-22)11-20-17-6-4-3-5-15(17)19(24)25/h3-11,21H,1-2H3,(H,24,25)/p-1. The first-order chi connectivity index (χ1) is 12.0. The molecule has 3 rings (SSSR count). The maximum atomic E-state index is 12.6. The van der Waals surface area contributed by atoms with E-state index >= 15 is 0 Å². The van der Waals surface area contributed by atoms with Crippen LogP contribution in [0.5, 0.6) is 0 Å². The first-order valence-corrected chi connectivity index (χ1v) is 7.70. The Kier molecular flexibility index (Phi) is 4.35. The number of carboxylic acids is 1. The third-order valence-corrected chi connectivity index (χ3v) is 3.87. The number of hydrogen-bond donors (Lipinski definition) is 1. The van der Waals surface area contributed by atoms with Crippen LogP contribution in [0.3, 0.4) is 0 Å². The highest BCUT2D eigenvalue weighted by Gasteiger charge is 2.11. The fraction of sp³-hybridized carbons (Fsp3) is 0.105. The molecule has 1 heterocycles. The summed E-state index contributed by atoms with van der Waals surface area (Å²) in [5.74, 6) is -1.31. The third kappa shape index (κ3) is 3.28. The summed E-state index contributed by atoms with van der Waals surface area (Å²) in [4.78, 5) is 27.9. The van der Waals surface area contributed by atoms with Crippen molar-refractivity contribution in [2.75, 3.05) is 0 Å². The second-order valence-corrected chi connectivity index (χ2v) is 5.69. The normalized spacial score (nSPS) is 11.1. The van der Waals surface area contributed by atoms with Gasteiger partial charge in [-0.25, -0.2) is 4.68 Å². The molecule has 0 aliphatic rings. The van der Waals surface area contributed by atoms with Crippen molar-refractivity contribution in [3.8, 4) is 5.69 Å². The minimum Gasteiger partial charge on any atom is -0.545 e. The summed E-state index contributed by atoms with van der Waals surface area (Å²) in [7, 11) is 0. The molecule has 0 spiro atoms. The van der Waals surface area contributed by atoms with Crippen molar-refractivity contribution in [2.45, 2.75) is 13.8 Å². The lowest BCUT2D eigenvalue weighted by Crippen LogP contribution is -2.22. The van der Waals surface area contributed by atoms with Gasteiger partial charge in [-0.05, 0) is 32.0 Å². The third-order valence-electron chi connectivity index (χ3n) is 3.87. The summed E-state index contributed by atoms with van der Waals surface area (Å²) in [5.41, 5.74) is 2.79. The molecule has 0 unspecified atom stereocenters. The number of carbonyl (C=O) groups is 1. The van der Waals surface area contributed by atoms with Gasteiger partial charge in [0.15, 0.2) is 0 Å². The van der Waals surface area contributed by atoms with Gasteiger partial charge in [0.1, 0.15) is 0 Å². The molecule has 6 heteroatoms. The second-order valence-electron chi connectivity index (χ2n) is 5.69. The number of aromatic nitrogens is 2. The molecule has 6 nitrogen and oxygen atoms in total. The summed E-state index contributed by atoms with van der Waals surface area (Å²) in [6.07, 6.45) is 1.38. The Morgan fingerprint density at radius 1 is 1.12 bits per heavy atom. The Balaban J connectivity index is 2.01. The van der Waals surface area contributed by atoms with E-state index in [2.05, 4.69) is 10.1 Å². The smallest absolute Gasteiger partial charge is 0.280 e. The predicted octanol–water partition coefficient (Wildman–Crippen LogP) is 1.90. The van der Waals surface area contributed by atoms with Gasteiger partial charge in [-0.1, -0.05) is 35.9 Å². The largest absolute Gasteiger partial charge is 0.545 e. The average Bonchev–Trinajstić information content (AvgIpc) is 2.88. The number of aliphatic imine (C=N–C) groups is 1.